The lowest BCUT2D eigenvalue weighted by Crippen LogP contribution is -2.12. The summed E-state index contributed by atoms with van der Waals surface area (Å²) in [6, 6.07) is 20.9. The first-order valence-corrected chi connectivity index (χ1v) is 9.65. The normalized spacial score (nSPS) is 11.8. The molecule has 158 valence electrons. The van der Waals surface area contributed by atoms with Crippen molar-refractivity contribution in [3.63, 3.8) is 0 Å². The van der Waals surface area contributed by atoms with E-state index in [0.29, 0.717) is 29.3 Å². The van der Waals surface area contributed by atoms with Crippen molar-refractivity contribution >= 4 is 17.1 Å². The van der Waals surface area contributed by atoms with Crippen LogP contribution < -0.4 is 22.1 Å². The summed E-state index contributed by atoms with van der Waals surface area (Å²) in [4.78, 5) is 0. The van der Waals surface area contributed by atoms with Gasteiger partial charge in [-0.25, -0.2) is 8.78 Å². The lowest BCUT2D eigenvalue weighted by molar-refractivity contribution is 0.507. The van der Waals surface area contributed by atoms with Crippen molar-refractivity contribution < 1.29 is 8.78 Å². The molecule has 6 N–H and O–H groups in total. The van der Waals surface area contributed by atoms with E-state index in [0.717, 1.165) is 28.9 Å². The number of hydrogen-bond donors (Lipinski definition) is 4. The van der Waals surface area contributed by atoms with E-state index >= 15 is 0 Å². The minimum absolute atomic E-state index is 0.319. The van der Waals surface area contributed by atoms with Crippen LogP contribution in [0.25, 0.3) is 11.4 Å². The lowest BCUT2D eigenvalue weighted by atomic mass is 10.1. The number of nitrogens with one attached hydrogen (secondary N) is 2. The van der Waals surface area contributed by atoms with Gasteiger partial charge in [-0.3, -0.25) is 0 Å². The number of hydrogen-bond acceptors (Lipinski definition) is 4. The molecule has 0 fully saturated rings. The fourth-order valence-corrected chi connectivity index (χ4v) is 2.86. The van der Waals surface area contributed by atoms with E-state index in [9.17, 15) is 8.78 Å². The van der Waals surface area contributed by atoms with Crippen LogP contribution in [-0.2, 0) is 6.54 Å². The Labute approximate surface area is 180 Å². The Kier molecular flexibility index (Phi) is 7.06. The molecule has 3 aromatic rings. The van der Waals surface area contributed by atoms with Gasteiger partial charge in [0.05, 0.1) is 0 Å². The molecule has 0 amide bonds. The third kappa shape index (κ3) is 6.21. The zero-order chi connectivity index (χ0) is 22.2. The van der Waals surface area contributed by atoms with Crippen LogP contribution in [0.2, 0.25) is 0 Å². The molecule has 4 nitrogen and oxygen atoms in total. The van der Waals surface area contributed by atoms with Gasteiger partial charge in [0, 0.05) is 23.6 Å². The largest absolute Gasteiger partial charge is 0.398 e. The van der Waals surface area contributed by atoms with E-state index in [1.165, 1.54) is 6.07 Å². The summed E-state index contributed by atoms with van der Waals surface area (Å²) in [6.07, 6.45) is 3.44. The molecule has 31 heavy (non-hydrogen) atoms. The molecule has 6 heteroatoms. The number of anilines is 1. The average molecular weight is 418 g/mol. The highest BCUT2D eigenvalue weighted by Gasteiger charge is 2.05. The molecule has 0 aliphatic rings. The monoisotopic (exact) mass is 418 g/mol. The maximum atomic E-state index is 13.3. The highest BCUT2D eigenvalue weighted by Crippen LogP contribution is 2.18. The highest BCUT2D eigenvalue weighted by molar-refractivity contribution is 5.67. The average Bonchev–Trinajstić information content (AvgIpc) is 2.78. The molecule has 0 heterocycles. The van der Waals surface area contributed by atoms with Gasteiger partial charge in [-0.05, 0) is 53.1 Å². The Balaban J connectivity index is 1.62. The topological polar surface area (TPSA) is 76.1 Å². The summed E-state index contributed by atoms with van der Waals surface area (Å²) in [5.41, 5.74) is 16.5. The fraction of sp³-hybridized carbons (Fsp3) is 0.0400. The van der Waals surface area contributed by atoms with Gasteiger partial charge in [0.1, 0.15) is 5.82 Å². The van der Waals surface area contributed by atoms with Crippen molar-refractivity contribution in [1.29, 1.82) is 0 Å². The second-order valence-electron chi connectivity index (χ2n) is 6.90. The zero-order valence-corrected chi connectivity index (χ0v) is 16.9. The van der Waals surface area contributed by atoms with Crippen molar-refractivity contribution in [2.45, 2.75) is 6.54 Å². The number of allylic oxidation sites excluding steroid dienone is 2. The maximum absolute atomic E-state index is 13.3. The van der Waals surface area contributed by atoms with Crippen molar-refractivity contribution in [3.05, 3.63) is 126 Å². The van der Waals surface area contributed by atoms with Gasteiger partial charge in [0.2, 0.25) is 0 Å². The quantitative estimate of drug-likeness (QED) is 0.391. The van der Waals surface area contributed by atoms with Gasteiger partial charge in [-0.2, -0.15) is 0 Å². The molecule has 0 radical (unpaired) electrons. The summed E-state index contributed by atoms with van der Waals surface area (Å²) < 4.78 is 26.4. The lowest BCUT2D eigenvalue weighted by Gasteiger charge is -2.12. The number of rotatable bonds is 8. The summed E-state index contributed by atoms with van der Waals surface area (Å²) in [5.74, 6) is -1.32. The summed E-state index contributed by atoms with van der Waals surface area (Å²) in [7, 11) is 0. The van der Waals surface area contributed by atoms with E-state index in [1.54, 1.807) is 12.2 Å². The maximum Gasteiger partial charge on any atom is 0.159 e. The van der Waals surface area contributed by atoms with Crippen LogP contribution in [0.15, 0.2) is 97.3 Å². The van der Waals surface area contributed by atoms with Crippen LogP contribution in [0.3, 0.4) is 0 Å². The second kappa shape index (κ2) is 10.1. The number of halogens is 2. The van der Waals surface area contributed by atoms with Crippen molar-refractivity contribution in [2.24, 2.45) is 11.5 Å². The molecule has 3 aromatic carbocycles. The van der Waals surface area contributed by atoms with Gasteiger partial charge in [0.25, 0.3) is 0 Å². The molecule has 0 atom stereocenters. The molecule has 0 saturated carbocycles. The van der Waals surface area contributed by atoms with Gasteiger partial charge < -0.3 is 22.1 Å². The van der Waals surface area contributed by atoms with Crippen molar-refractivity contribution in [3.8, 4) is 0 Å². The van der Waals surface area contributed by atoms with Crippen molar-refractivity contribution in [2.75, 3.05) is 5.32 Å². The van der Waals surface area contributed by atoms with E-state index in [4.69, 9.17) is 11.5 Å². The van der Waals surface area contributed by atoms with E-state index in [-0.39, 0.29) is 0 Å². The summed E-state index contributed by atoms with van der Waals surface area (Å²) in [5, 5.41) is 6.23. The minimum atomic E-state index is -0.875. The van der Waals surface area contributed by atoms with E-state index in [2.05, 4.69) is 17.2 Å². The summed E-state index contributed by atoms with van der Waals surface area (Å²) >= 11 is 0. The molecule has 0 spiro atoms. The fourth-order valence-electron chi connectivity index (χ4n) is 2.86. The third-order valence-corrected chi connectivity index (χ3v) is 4.54. The number of benzene rings is 3. The third-order valence-electron chi connectivity index (χ3n) is 4.54. The van der Waals surface area contributed by atoms with Crippen LogP contribution in [0, 0.1) is 11.6 Å². The molecular formula is C25H24F2N4. The first-order valence-electron chi connectivity index (χ1n) is 9.65. The zero-order valence-electron chi connectivity index (χ0n) is 16.9. The van der Waals surface area contributed by atoms with Gasteiger partial charge >= 0.3 is 0 Å². The number of nitrogens with two attached hydrogens (primary N) is 2. The van der Waals surface area contributed by atoms with Crippen molar-refractivity contribution in [1.82, 2.24) is 5.32 Å². The predicted octanol–water partition coefficient (Wildman–Crippen LogP) is 4.94. The van der Waals surface area contributed by atoms with E-state index < -0.39 is 11.6 Å². The molecule has 0 aliphatic carbocycles. The minimum Gasteiger partial charge on any atom is -0.398 e. The Hall–Kier alpha value is -4.06. The predicted molar refractivity (Wildman–Crippen MR) is 123 cm³/mol. The van der Waals surface area contributed by atoms with Crippen LogP contribution in [0.1, 0.15) is 16.7 Å². The molecule has 3 rings (SSSR count). The van der Waals surface area contributed by atoms with Gasteiger partial charge in [-0.1, -0.05) is 55.1 Å². The first kappa shape index (κ1) is 21.6. The van der Waals surface area contributed by atoms with E-state index in [1.807, 2.05) is 54.6 Å². The standard InChI is InChI=1S/C25H24F2N4/c1-17(30-16-18-10-11-22(26)23(27)14-18)20-8-5-9-21(15-20)31-25(29)13-12-24(28)19-6-3-2-4-7-19/h2-15,30-31H,1,16,28-29H2/b24-12-,25-13+. The first-order chi connectivity index (χ1) is 14.9. The molecule has 0 aliphatic heterocycles. The molecule has 0 unspecified atom stereocenters. The SMILES string of the molecule is C=C(NCc1ccc(F)c(F)c1)c1cccc(N/C(N)=C/C=C(\N)c2ccccc2)c1. The summed E-state index contributed by atoms with van der Waals surface area (Å²) in [6.45, 7) is 4.33. The second-order valence-corrected chi connectivity index (χ2v) is 6.90. The molecule has 0 bridgehead atoms. The van der Waals surface area contributed by atoms with Gasteiger partial charge in [-0.15, -0.1) is 0 Å². The Morgan fingerprint density at radius 2 is 1.58 bits per heavy atom. The van der Waals surface area contributed by atoms with Crippen LogP contribution in [0.4, 0.5) is 14.5 Å². The highest BCUT2D eigenvalue weighted by atomic mass is 19.2. The Morgan fingerprint density at radius 3 is 2.32 bits per heavy atom. The van der Waals surface area contributed by atoms with Gasteiger partial charge in [0.15, 0.2) is 11.6 Å². The Morgan fingerprint density at radius 1 is 0.839 bits per heavy atom. The molecular weight excluding hydrogens is 394 g/mol. The molecule has 0 saturated heterocycles. The van der Waals surface area contributed by atoms with Crippen LogP contribution >= 0.6 is 0 Å². The van der Waals surface area contributed by atoms with Crippen LogP contribution in [0.5, 0.6) is 0 Å². The molecule has 0 aromatic heterocycles. The van der Waals surface area contributed by atoms with Crippen LogP contribution in [-0.4, -0.2) is 0 Å². The Bertz CT molecular complexity index is 1120. The smallest absolute Gasteiger partial charge is 0.159 e.